The lowest BCUT2D eigenvalue weighted by molar-refractivity contribution is 0.0947. The number of nitrogens with zero attached hydrogens (tertiary/aromatic N) is 1. The van der Waals surface area contributed by atoms with Crippen LogP contribution in [0, 0.1) is 5.82 Å². The van der Waals surface area contributed by atoms with Crippen LogP contribution in [0.15, 0.2) is 42.6 Å². The highest BCUT2D eigenvalue weighted by Crippen LogP contribution is 2.11. The lowest BCUT2D eigenvalue weighted by Gasteiger charge is -2.06. The van der Waals surface area contributed by atoms with E-state index in [0.29, 0.717) is 6.54 Å². The van der Waals surface area contributed by atoms with Gasteiger partial charge in [0.2, 0.25) is 0 Å². The van der Waals surface area contributed by atoms with Gasteiger partial charge in [0.25, 0.3) is 5.91 Å². The first-order chi connectivity index (χ1) is 8.68. The molecule has 1 amide bonds. The van der Waals surface area contributed by atoms with Crippen molar-refractivity contribution in [1.82, 2.24) is 10.3 Å². The molecule has 0 unspecified atom stereocenters. The van der Waals surface area contributed by atoms with E-state index in [-0.39, 0.29) is 11.4 Å². The largest absolute Gasteiger partial charge is 0.381 e. The molecule has 0 fully saturated rings. The third-order valence-corrected chi connectivity index (χ3v) is 2.46. The average molecular weight is 245 g/mol. The molecule has 0 radical (unpaired) electrons. The van der Waals surface area contributed by atoms with E-state index in [0.717, 1.165) is 5.56 Å². The maximum absolute atomic E-state index is 13.5. The Bertz CT molecular complexity index is 557. The summed E-state index contributed by atoms with van der Waals surface area (Å²) >= 11 is 0. The number of benzene rings is 1. The van der Waals surface area contributed by atoms with Crippen molar-refractivity contribution in [2.45, 2.75) is 6.54 Å². The Labute approximate surface area is 104 Å². The van der Waals surface area contributed by atoms with Crippen LogP contribution < -0.4 is 11.1 Å². The molecule has 1 aromatic heterocycles. The van der Waals surface area contributed by atoms with Crippen LogP contribution in [0.4, 0.5) is 10.2 Å². The average Bonchev–Trinajstić information content (AvgIpc) is 2.40. The highest BCUT2D eigenvalue weighted by molar-refractivity contribution is 5.95. The van der Waals surface area contributed by atoms with E-state index in [2.05, 4.69) is 10.3 Å². The van der Waals surface area contributed by atoms with Gasteiger partial charge in [-0.25, -0.2) is 9.37 Å². The number of anilines is 1. The van der Waals surface area contributed by atoms with Gasteiger partial charge in [-0.05, 0) is 11.6 Å². The minimum atomic E-state index is -0.789. The quantitative estimate of drug-likeness (QED) is 0.865. The molecule has 0 atom stereocenters. The fourth-order valence-corrected chi connectivity index (χ4v) is 1.51. The van der Waals surface area contributed by atoms with Gasteiger partial charge >= 0.3 is 0 Å². The molecule has 5 heteroatoms. The van der Waals surface area contributed by atoms with E-state index >= 15 is 0 Å². The molecule has 0 bridgehead atoms. The van der Waals surface area contributed by atoms with Crippen molar-refractivity contribution in [2.75, 3.05) is 5.73 Å². The van der Waals surface area contributed by atoms with Gasteiger partial charge in [-0.15, -0.1) is 0 Å². The number of hydrogen-bond acceptors (Lipinski definition) is 3. The molecule has 3 N–H and O–H groups in total. The predicted octanol–water partition coefficient (Wildman–Crippen LogP) is 1.73. The van der Waals surface area contributed by atoms with Crippen molar-refractivity contribution in [2.24, 2.45) is 0 Å². The number of carbonyl (C=O) groups excluding carboxylic acids is 1. The van der Waals surface area contributed by atoms with Gasteiger partial charge < -0.3 is 11.1 Å². The molecule has 1 aromatic carbocycles. The predicted molar refractivity (Wildman–Crippen MR) is 66.2 cm³/mol. The van der Waals surface area contributed by atoms with Crippen LogP contribution in [0.2, 0.25) is 0 Å². The maximum Gasteiger partial charge on any atom is 0.254 e. The summed E-state index contributed by atoms with van der Waals surface area (Å²) in [4.78, 5) is 15.3. The van der Waals surface area contributed by atoms with Gasteiger partial charge in [-0.2, -0.15) is 0 Å². The first-order valence-corrected chi connectivity index (χ1v) is 5.40. The van der Waals surface area contributed by atoms with Gasteiger partial charge in [0.15, 0.2) is 11.6 Å². The van der Waals surface area contributed by atoms with Crippen molar-refractivity contribution in [3.8, 4) is 0 Å². The number of amides is 1. The number of nitrogens with two attached hydrogens (primary N) is 1. The fourth-order valence-electron chi connectivity index (χ4n) is 1.51. The number of hydrogen-bond donors (Lipinski definition) is 2. The lowest BCUT2D eigenvalue weighted by atomic mass is 10.2. The van der Waals surface area contributed by atoms with Crippen LogP contribution in [-0.2, 0) is 6.54 Å². The van der Waals surface area contributed by atoms with Crippen molar-refractivity contribution in [3.05, 3.63) is 59.5 Å². The second-order valence-electron chi connectivity index (χ2n) is 3.73. The molecule has 1 heterocycles. The molecule has 0 aliphatic carbocycles. The van der Waals surface area contributed by atoms with E-state index in [1.165, 1.54) is 12.3 Å². The number of rotatable bonds is 3. The summed E-state index contributed by atoms with van der Waals surface area (Å²) in [6.07, 6.45) is 1.30. The molecule has 0 saturated carbocycles. The zero-order chi connectivity index (χ0) is 13.0. The van der Waals surface area contributed by atoms with E-state index in [4.69, 9.17) is 5.73 Å². The minimum absolute atomic E-state index is 0.0987. The summed E-state index contributed by atoms with van der Waals surface area (Å²) in [5.41, 5.74) is 6.14. The molecule has 18 heavy (non-hydrogen) atoms. The Balaban J connectivity index is 2.07. The number of carbonyl (C=O) groups is 1. The normalized spacial score (nSPS) is 10.1. The molecule has 0 aliphatic heterocycles. The van der Waals surface area contributed by atoms with Gasteiger partial charge in [0, 0.05) is 12.7 Å². The highest BCUT2D eigenvalue weighted by atomic mass is 19.1. The highest BCUT2D eigenvalue weighted by Gasteiger charge is 2.13. The van der Waals surface area contributed by atoms with Crippen LogP contribution in [0.3, 0.4) is 0 Å². The zero-order valence-electron chi connectivity index (χ0n) is 9.56. The van der Waals surface area contributed by atoms with Crippen molar-refractivity contribution >= 4 is 11.7 Å². The molecular formula is C13H12FN3O. The number of halogens is 1. The number of aromatic nitrogens is 1. The molecule has 2 aromatic rings. The van der Waals surface area contributed by atoms with Crippen LogP contribution >= 0.6 is 0 Å². The third kappa shape index (κ3) is 2.63. The summed E-state index contributed by atoms with van der Waals surface area (Å²) in [6, 6.07) is 10.7. The standard InChI is InChI=1S/C13H12FN3O/c14-11-10(6-7-16-12(11)15)13(18)17-8-9-4-2-1-3-5-9/h1-7H,8H2,(H2,15,16)(H,17,18). The third-order valence-electron chi connectivity index (χ3n) is 2.46. The van der Waals surface area contributed by atoms with Crippen LogP contribution in [0.25, 0.3) is 0 Å². The summed E-state index contributed by atoms with van der Waals surface area (Å²) in [5.74, 6) is -1.57. The van der Waals surface area contributed by atoms with Gasteiger partial charge in [-0.1, -0.05) is 30.3 Å². The first-order valence-electron chi connectivity index (χ1n) is 5.40. The van der Waals surface area contributed by atoms with E-state index < -0.39 is 11.7 Å². The fraction of sp³-hybridized carbons (Fsp3) is 0.0769. The van der Waals surface area contributed by atoms with Crippen LogP contribution in [0.5, 0.6) is 0 Å². The summed E-state index contributed by atoms with van der Waals surface area (Å²) in [6.45, 7) is 0.335. The van der Waals surface area contributed by atoms with Crippen molar-refractivity contribution in [1.29, 1.82) is 0 Å². The molecule has 2 rings (SSSR count). The Morgan fingerprint density at radius 2 is 2.00 bits per heavy atom. The molecule has 0 aliphatic rings. The smallest absolute Gasteiger partial charge is 0.254 e. The summed E-state index contributed by atoms with van der Waals surface area (Å²) < 4.78 is 13.5. The van der Waals surface area contributed by atoms with E-state index in [1.54, 1.807) is 0 Å². The molecular weight excluding hydrogens is 233 g/mol. The van der Waals surface area contributed by atoms with Gasteiger partial charge in [-0.3, -0.25) is 4.79 Å². The van der Waals surface area contributed by atoms with Gasteiger partial charge in [0.05, 0.1) is 5.56 Å². The summed E-state index contributed by atoms with van der Waals surface area (Å²) in [5, 5.41) is 2.62. The number of pyridine rings is 1. The Morgan fingerprint density at radius 3 is 2.72 bits per heavy atom. The topological polar surface area (TPSA) is 68.0 Å². The lowest BCUT2D eigenvalue weighted by Crippen LogP contribution is -2.24. The van der Waals surface area contributed by atoms with Crippen molar-refractivity contribution in [3.63, 3.8) is 0 Å². The SMILES string of the molecule is Nc1nccc(C(=O)NCc2ccccc2)c1F. The Hall–Kier alpha value is -2.43. The molecule has 4 nitrogen and oxygen atoms in total. The molecule has 0 saturated heterocycles. The first kappa shape index (κ1) is 12.0. The number of nitrogens with one attached hydrogen (secondary N) is 1. The zero-order valence-corrected chi connectivity index (χ0v) is 9.56. The molecule has 92 valence electrons. The Kier molecular flexibility index (Phi) is 3.52. The van der Waals surface area contributed by atoms with Crippen LogP contribution in [-0.4, -0.2) is 10.9 Å². The second kappa shape index (κ2) is 5.27. The maximum atomic E-state index is 13.5. The Morgan fingerprint density at radius 1 is 1.28 bits per heavy atom. The van der Waals surface area contributed by atoms with E-state index in [1.807, 2.05) is 30.3 Å². The number of nitrogen functional groups attached to an aromatic ring is 1. The van der Waals surface area contributed by atoms with Crippen LogP contribution in [0.1, 0.15) is 15.9 Å². The van der Waals surface area contributed by atoms with Crippen molar-refractivity contribution < 1.29 is 9.18 Å². The summed E-state index contributed by atoms with van der Waals surface area (Å²) in [7, 11) is 0. The monoisotopic (exact) mass is 245 g/mol. The second-order valence-corrected chi connectivity index (χ2v) is 3.73. The van der Waals surface area contributed by atoms with Gasteiger partial charge in [0.1, 0.15) is 0 Å². The van der Waals surface area contributed by atoms with E-state index in [9.17, 15) is 9.18 Å². The molecule has 0 spiro atoms. The minimum Gasteiger partial charge on any atom is -0.381 e.